The monoisotopic (exact) mass is 306 g/mol. The Kier molecular flexibility index (Phi) is 5.95. The zero-order valence-electron chi connectivity index (χ0n) is 12.0. The van der Waals surface area contributed by atoms with Crippen molar-refractivity contribution in [1.82, 2.24) is 15.5 Å². The van der Waals surface area contributed by atoms with Gasteiger partial charge in [-0.05, 0) is 18.4 Å². The van der Waals surface area contributed by atoms with Gasteiger partial charge in [0.05, 0.1) is 4.99 Å². The number of nitrogens with two attached hydrogens (primary N) is 1. The molecule has 2 amide bonds. The molecule has 1 aliphatic heterocycles. The smallest absolute Gasteiger partial charge is 0.315 e. The first kappa shape index (κ1) is 15.7. The molecule has 114 valence electrons. The van der Waals surface area contributed by atoms with E-state index >= 15 is 0 Å². The molecule has 0 bridgehead atoms. The van der Waals surface area contributed by atoms with Crippen LogP contribution in [0.4, 0.5) is 4.79 Å². The van der Waals surface area contributed by atoms with Gasteiger partial charge in [-0.1, -0.05) is 42.5 Å². The number of hydrogen-bond donors (Lipinski definition) is 3. The van der Waals surface area contributed by atoms with Gasteiger partial charge in [-0.3, -0.25) is 4.90 Å². The maximum absolute atomic E-state index is 11.9. The average molecular weight is 306 g/mol. The van der Waals surface area contributed by atoms with Crippen LogP contribution >= 0.6 is 12.2 Å². The lowest BCUT2D eigenvalue weighted by atomic mass is 10.1. The molecule has 2 rings (SSSR count). The molecule has 21 heavy (non-hydrogen) atoms. The minimum Gasteiger partial charge on any atom is -0.392 e. The fraction of sp³-hybridized carbons (Fsp3) is 0.467. The molecule has 5 nitrogen and oxygen atoms in total. The summed E-state index contributed by atoms with van der Waals surface area (Å²) in [6.07, 6.45) is 1.86. The molecule has 0 atom stereocenters. The van der Waals surface area contributed by atoms with Gasteiger partial charge in [-0.2, -0.15) is 0 Å². The third-order valence-electron chi connectivity index (χ3n) is 3.60. The summed E-state index contributed by atoms with van der Waals surface area (Å²) in [7, 11) is 0. The lowest BCUT2D eigenvalue weighted by Crippen LogP contribution is -2.48. The summed E-state index contributed by atoms with van der Waals surface area (Å²) in [6, 6.07) is 10.0. The Hall–Kier alpha value is -1.66. The minimum atomic E-state index is -0.105. The highest BCUT2D eigenvalue weighted by Gasteiger charge is 2.20. The minimum absolute atomic E-state index is 0.105. The van der Waals surface area contributed by atoms with Crippen molar-refractivity contribution in [2.45, 2.75) is 25.4 Å². The van der Waals surface area contributed by atoms with Crippen molar-refractivity contribution >= 4 is 23.2 Å². The van der Waals surface area contributed by atoms with Gasteiger partial charge in [-0.15, -0.1) is 0 Å². The van der Waals surface area contributed by atoms with Crippen LogP contribution in [-0.4, -0.2) is 41.6 Å². The summed E-state index contributed by atoms with van der Waals surface area (Å²) in [5, 5.41) is 5.91. The first-order valence-corrected chi connectivity index (χ1v) is 7.63. The molecule has 1 saturated heterocycles. The molecule has 0 spiro atoms. The van der Waals surface area contributed by atoms with E-state index in [-0.39, 0.29) is 12.1 Å². The zero-order chi connectivity index (χ0) is 15.1. The maximum Gasteiger partial charge on any atom is 0.315 e. The fourth-order valence-corrected chi connectivity index (χ4v) is 2.65. The number of benzene rings is 1. The predicted molar refractivity (Wildman–Crippen MR) is 88.1 cm³/mol. The van der Waals surface area contributed by atoms with Gasteiger partial charge in [0.2, 0.25) is 0 Å². The molecule has 6 heteroatoms. The Morgan fingerprint density at radius 3 is 2.57 bits per heavy atom. The van der Waals surface area contributed by atoms with E-state index in [1.54, 1.807) is 0 Å². The van der Waals surface area contributed by atoms with Crippen molar-refractivity contribution < 1.29 is 4.79 Å². The molecule has 4 N–H and O–H groups in total. The van der Waals surface area contributed by atoms with Crippen LogP contribution in [0.5, 0.6) is 0 Å². The second-order valence-electron chi connectivity index (χ2n) is 5.33. The average Bonchev–Trinajstić information content (AvgIpc) is 2.48. The van der Waals surface area contributed by atoms with Crippen LogP contribution in [-0.2, 0) is 6.54 Å². The van der Waals surface area contributed by atoms with Crippen LogP contribution in [0.3, 0.4) is 0 Å². The lowest BCUT2D eigenvalue weighted by Gasteiger charge is -2.31. The van der Waals surface area contributed by atoms with Crippen LogP contribution in [0.1, 0.15) is 18.4 Å². The number of nitrogens with one attached hydrogen (secondary N) is 2. The topological polar surface area (TPSA) is 70.4 Å². The summed E-state index contributed by atoms with van der Waals surface area (Å²) in [5.74, 6) is 0. The summed E-state index contributed by atoms with van der Waals surface area (Å²) in [4.78, 5) is 14.6. The molecule has 0 radical (unpaired) electrons. The number of piperidine rings is 1. The lowest BCUT2D eigenvalue weighted by molar-refractivity contribution is 0.207. The molecule has 1 aromatic carbocycles. The van der Waals surface area contributed by atoms with Crippen molar-refractivity contribution in [3.63, 3.8) is 0 Å². The van der Waals surface area contributed by atoms with Gasteiger partial charge in [-0.25, -0.2) is 4.79 Å². The van der Waals surface area contributed by atoms with E-state index in [1.165, 1.54) is 0 Å². The van der Waals surface area contributed by atoms with Gasteiger partial charge < -0.3 is 16.4 Å². The second-order valence-corrected chi connectivity index (χ2v) is 5.85. The predicted octanol–water partition coefficient (Wildman–Crippen LogP) is 1.24. The van der Waals surface area contributed by atoms with Gasteiger partial charge in [0.15, 0.2) is 0 Å². The van der Waals surface area contributed by atoms with Crippen LogP contribution in [0, 0.1) is 0 Å². The van der Waals surface area contributed by atoms with E-state index in [1.807, 2.05) is 30.3 Å². The van der Waals surface area contributed by atoms with Gasteiger partial charge in [0.1, 0.15) is 0 Å². The van der Waals surface area contributed by atoms with Crippen molar-refractivity contribution in [2.24, 2.45) is 5.73 Å². The van der Waals surface area contributed by atoms with Crippen LogP contribution < -0.4 is 16.4 Å². The van der Waals surface area contributed by atoms with Crippen molar-refractivity contribution in [2.75, 3.05) is 19.6 Å². The summed E-state index contributed by atoms with van der Waals surface area (Å²) >= 11 is 4.91. The normalized spacial score (nSPS) is 16.4. The number of thiocarbonyl (C=S) groups is 1. The molecule has 0 saturated carbocycles. The molecule has 0 unspecified atom stereocenters. The SMILES string of the molecule is NC(=S)CN1CCC(NC(=O)NCc2ccccc2)CC1. The highest BCUT2D eigenvalue weighted by atomic mass is 32.1. The van der Waals surface area contributed by atoms with Crippen molar-refractivity contribution in [3.05, 3.63) is 35.9 Å². The highest BCUT2D eigenvalue weighted by Crippen LogP contribution is 2.09. The number of urea groups is 1. The van der Waals surface area contributed by atoms with Crippen molar-refractivity contribution in [1.29, 1.82) is 0 Å². The molecule has 1 fully saturated rings. The number of amides is 2. The maximum atomic E-state index is 11.9. The molecule has 0 aliphatic carbocycles. The number of hydrogen-bond acceptors (Lipinski definition) is 3. The number of rotatable bonds is 5. The van der Waals surface area contributed by atoms with Crippen molar-refractivity contribution in [3.8, 4) is 0 Å². The number of likely N-dealkylation sites (tertiary alicyclic amines) is 1. The Morgan fingerprint density at radius 1 is 1.29 bits per heavy atom. The van der Waals surface area contributed by atoms with Crippen LogP contribution in [0.25, 0.3) is 0 Å². The standard InChI is InChI=1S/C15H22N4OS/c16-14(21)11-19-8-6-13(7-9-19)18-15(20)17-10-12-4-2-1-3-5-12/h1-5,13H,6-11H2,(H2,16,21)(H2,17,18,20). The third kappa shape index (κ3) is 5.69. The second kappa shape index (κ2) is 7.95. The summed E-state index contributed by atoms with van der Waals surface area (Å²) < 4.78 is 0. The Balaban J connectivity index is 1.66. The van der Waals surface area contributed by atoms with Gasteiger partial charge in [0, 0.05) is 32.2 Å². The van der Waals surface area contributed by atoms with E-state index in [9.17, 15) is 4.79 Å². The van der Waals surface area contributed by atoms with E-state index in [0.717, 1.165) is 31.5 Å². The fourth-order valence-electron chi connectivity index (χ4n) is 2.47. The molecule has 1 aromatic rings. The molecule has 1 aliphatic rings. The van der Waals surface area contributed by atoms with Gasteiger partial charge in [0.25, 0.3) is 0 Å². The first-order valence-electron chi connectivity index (χ1n) is 7.22. The Labute approximate surface area is 130 Å². The Morgan fingerprint density at radius 2 is 1.95 bits per heavy atom. The van der Waals surface area contributed by atoms with E-state index < -0.39 is 0 Å². The van der Waals surface area contributed by atoms with E-state index in [0.29, 0.717) is 18.1 Å². The Bertz CT molecular complexity index is 472. The summed E-state index contributed by atoms with van der Waals surface area (Å²) in [6.45, 7) is 3.05. The molecular formula is C15H22N4OS. The zero-order valence-corrected chi connectivity index (χ0v) is 12.9. The molecule has 0 aromatic heterocycles. The first-order chi connectivity index (χ1) is 10.1. The van der Waals surface area contributed by atoms with Gasteiger partial charge >= 0.3 is 6.03 Å². The van der Waals surface area contributed by atoms with Crippen LogP contribution in [0.2, 0.25) is 0 Å². The molecular weight excluding hydrogens is 284 g/mol. The molecule has 1 heterocycles. The number of carbonyl (C=O) groups excluding carboxylic acids is 1. The van der Waals surface area contributed by atoms with E-state index in [2.05, 4.69) is 15.5 Å². The summed E-state index contributed by atoms with van der Waals surface area (Å²) in [5.41, 5.74) is 6.64. The quantitative estimate of drug-likeness (QED) is 0.716. The number of carbonyl (C=O) groups is 1. The number of nitrogens with zero attached hydrogens (tertiary/aromatic N) is 1. The third-order valence-corrected chi connectivity index (χ3v) is 3.73. The largest absolute Gasteiger partial charge is 0.392 e. The highest BCUT2D eigenvalue weighted by molar-refractivity contribution is 7.80. The van der Waals surface area contributed by atoms with Crippen LogP contribution in [0.15, 0.2) is 30.3 Å². The van der Waals surface area contributed by atoms with E-state index in [4.69, 9.17) is 18.0 Å².